The van der Waals surface area contributed by atoms with Crippen molar-refractivity contribution in [1.29, 1.82) is 0 Å². The van der Waals surface area contributed by atoms with E-state index < -0.39 is 0 Å². The van der Waals surface area contributed by atoms with E-state index in [4.69, 9.17) is 54.7 Å². The van der Waals surface area contributed by atoms with Gasteiger partial charge in [-0.05, 0) is 119 Å². The molecule has 0 bridgehead atoms. The van der Waals surface area contributed by atoms with E-state index in [-0.39, 0.29) is 35.4 Å². The lowest BCUT2D eigenvalue weighted by atomic mass is 10.1. The third-order valence-electron chi connectivity index (χ3n) is 23.9. The molecule has 146 heavy (non-hydrogen) atoms. The van der Waals surface area contributed by atoms with Crippen LogP contribution in [0.1, 0.15) is 46.2 Å². The quantitative estimate of drug-likeness (QED) is 0.0337. The number of hydrogen-bond acceptors (Lipinski definition) is 24. The van der Waals surface area contributed by atoms with Crippen molar-refractivity contribution in [2.24, 2.45) is 5.92 Å². The Kier molecular flexibility index (Phi) is 25.8. The molecule has 11 N–H and O–H groups in total. The number of imidazole rings is 4. The van der Waals surface area contributed by atoms with Crippen LogP contribution in [0.15, 0.2) is 269 Å². The third kappa shape index (κ3) is 19.7. The van der Waals surface area contributed by atoms with Gasteiger partial charge in [-0.15, -0.1) is 0 Å². The van der Waals surface area contributed by atoms with E-state index >= 15 is 0 Å². The molecule has 20 aromatic heterocycles. The number of amides is 4. The number of benzene rings is 4. The van der Waals surface area contributed by atoms with Gasteiger partial charge in [0.15, 0.2) is 45.9 Å². The highest BCUT2D eigenvalue weighted by Gasteiger charge is 2.25. The number of anilines is 3. The summed E-state index contributed by atoms with van der Waals surface area (Å²) >= 11 is 18.6. The molecule has 0 fully saturated rings. The average Bonchev–Trinajstić information content (AvgIpc) is 1.62. The number of urea groups is 1. The number of fused-ring (bicyclic) bond motifs is 8. The molecule has 0 aliphatic rings. The summed E-state index contributed by atoms with van der Waals surface area (Å²) < 4.78 is 13.9. The molecule has 4 amide bonds. The predicted octanol–water partition coefficient (Wildman–Crippen LogP) is 22.2. The number of hydrogen-bond donors (Lipinski definition) is 11. The van der Waals surface area contributed by atoms with Gasteiger partial charge in [0.1, 0.15) is 34.4 Å². The molecule has 20 heterocycles. The van der Waals surface area contributed by atoms with Crippen molar-refractivity contribution in [1.82, 2.24) is 145 Å². The number of ketones is 1. The Bertz CT molecular complexity index is 8900. The minimum absolute atomic E-state index is 0.0684. The highest BCUT2D eigenvalue weighted by atomic mass is 35.5. The monoisotopic (exact) mass is 1990 g/mol. The predicted molar refractivity (Wildman–Crippen MR) is 561 cm³/mol. The van der Waals surface area contributed by atoms with Crippen LogP contribution in [-0.2, 0) is 20.8 Å². The molecular weight excluding hydrogens is 1910 g/mol. The Hall–Kier alpha value is -18.9. The number of pyridine rings is 12. The van der Waals surface area contributed by atoms with Crippen LogP contribution in [0.4, 0.5) is 26.2 Å². The van der Waals surface area contributed by atoms with Gasteiger partial charge in [0, 0.05) is 201 Å². The maximum absolute atomic E-state index is 13.9. The van der Waals surface area contributed by atoms with Crippen LogP contribution < -0.4 is 16.0 Å². The van der Waals surface area contributed by atoms with Crippen LogP contribution in [0, 0.1) is 11.7 Å². The van der Waals surface area contributed by atoms with Crippen LogP contribution in [0.3, 0.4) is 0 Å². The van der Waals surface area contributed by atoms with Crippen molar-refractivity contribution in [2.45, 2.75) is 47.0 Å². The molecule has 0 saturated carbocycles. The smallest absolute Gasteiger partial charge is 0.321 e. The third-order valence-corrected chi connectivity index (χ3v) is 24.6. The van der Waals surface area contributed by atoms with Crippen LogP contribution in [-0.4, -0.2) is 183 Å². The number of rotatable bonds is 20. The van der Waals surface area contributed by atoms with Crippen LogP contribution in [0.25, 0.3) is 223 Å². The summed E-state index contributed by atoms with van der Waals surface area (Å²) in [6.45, 7) is 7.35. The van der Waals surface area contributed by atoms with Gasteiger partial charge in [0.25, 0.3) is 0 Å². The van der Waals surface area contributed by atoms with Crippen molar-refractivity contribution >= 4 is 164 Å². The first-order valence-electron chi connectivity index (χ1n) is 45.8. The van der Waals surface area contributed by atoms with Gasteiger partial charge in [-0.1, -0.05) is 117 Å². The fourth-order valence-electron chi connectivity index (χ4n) is 16.4. The summed E-state index contributed by atoms with van der Waals surface area (Å²) in [5, 5.41) is 43.3. The first-order valence-corrected chi connectivity index (χ1v) is 46.9. The van der Waals surface area contributed by atoms with Crippen molar-refractivity contribution in [2.75, 3.05) is 30.0 Å². The molecule has 0 atom stereocenters. The molecule has 0 saturated heterocycles. The number of nitrogens with one attached hydrogen (secondary N) is 11. The number of H-pyrrole nitrogens is 8. The van der Waals surface area contributed by atoms with Gasteiger partial charge in [-0.3, -0.25) is 74.7 Å². The minimum Gasteiger partial charge on any atom is -0.335 e. The van der Waals surface area contributed by atoms with E-state index in [1.165, 1.54) is 17.0 Å². The molecule has 716 valence electrons. The molecule has 36 nitrogen and oxygen atoms in total. The topological polar surface area (TPSA) is 492 Å². The van der Waals surface area contributed by atoms with E-state index in [9.17, 15) is 23.6 Å². The Morgan fingerprint density at radius 1 is 0.342 bits per heavy atom. The summed E-state index contributed by atoms with van der Waals surface area (Å²) in [5.74, 6) is 1.98. The second kappa shape index (κ2) is 40.4. The molecule has 24 aromatic rings. The second-order valence-corrected chi connectivity index (χ2v) is 35.7. The highest BCUT2D eigenvalue weighted by molar-refractivity contribution is 6.31. The lowest BCUT2D eigenvalue weighted by molar-refractivity contribution is -0.119. The summed E-state index contributed by atoms with van der Waals surface area (Å²) in [4.78, 5) is 135. The second-order valence-electron chi connectivity index (χ2n) is 34.4. The van der Waals surface area contributed by atoms with Crippen LogP contribution >= 0.6 is 34.8 Å². The summed E-state index contributed by atoms with van der Waals surface area (Å²) in [6.07, 6.45) is 33.8. The number of aromatic amines is 8. The number of nitrogens with zero attached hydrogens (tertiary/aromatic N) is 21. The maximum Gasteiger partial charge on any atom is 0.321 e. The molecule has 0 radical (unpaired) electrons. The molecule has 24 rings (SSSR count). The molecule has 0 aliphatic heterocycles. The fourth-order valence-corrected chi connectivity index (χ4v) is 17.0. The summed E-state index contributed by atoms with van der Waals surface area (Å²) in [5.41, 5.74) is 27.2. The van der Waals surface area contributed by atoms with Gasteiger partial charge in [-0.2, -0.15) is 20.4 Å². The molecular formula is C106H80Cl3FN32O4. The maximum atomic E-state index is 13.9. The molecule has 0 spiro atoms. The normalized spacial score (nSPS) is 11.3. The van der Waals surface area contributed by atoms with Crippen LogP contribution in [0.5, 0.6) is 0 Å². The van der Waals surface area contributed by atoms with Crippen LogP contribution in [0.2, 0.25) is 15.1 Å². The van der Waals surface area contributed by atoms with Gasteiger partial charge in [0.05, 0.1) is 126 Å². The Morgan fingerprint density at radius 2 is 0.671 bits per heavy atom. The first-order chi connectivity index (χ1) is 71.1. The molecule has 4 aromatic carbocycles. The zero-order valence-corrected chi connectivity index (χ0v) is 80.4. The largest absolute Gasteiger partial charge is 0.335 e. The first kappa shape index (κ1) is 93.4. The van der Waals surface area contributed by atoms with Gasteiger partial charge < -0.3 is 40.8 Å². The minimum atomic E-state index is -0.330. The highest BCUT2D eigenvalue weighted by Crippen LogP contribution is 2.41. The molecule has 0 unspecified atom stereocenters. The zero-order valence-electron chi connectivity index (χ0n) is 78.1. The van der Waals surface area contributed by atoms with E-state index in [2.05, 4.69) is 136 Å². The Labute approximate surface area is 841 Å². The van der Waals surface area contributed by atoms with E-state index in [0.29, 0.717) is 137 Å². The van der Waals surface area contributed by atoms with Gasteiger partial charge in [-0.25, -0.2) is 49.1 Å². The number of carbonyl (C=O) groups excluding carboxylic acids is 4. The molecule has 40 heteroatoms. The van der Waals surface area contributed by atoms with Crippen molar-refractivity contribution < 1.29 is 23.6 Å². The summed E-state index contributed by atoms with van der Waals surface area (Å²) in [7, 11) is 3.33. The fraction of sp³-hybridized carbons (Fsp3) is 0.0943. The number of Topliss-reactive ketones (excluding diaryl/α,β-unsaturated/α-hetero) is 1. The number of aromatic nitrogens is 28. The van der Waals surface area contributed by atoms with Gasteiger partial charge in [0.2, 0.25) is 11.8 Å². The van der Waals surface area contributed by atoms with Crippen molar-refractivity contribution in [3.05, 3.63) is 296 Å². The van der Waals surface area contributed by atoms with E-state index in [0.717, 1.165) is 144 Å². The summed E-state index contributed by atoms with van der Waals surface area (Å²) in [6, 6.07) is 46.2. The SMILES string of the molecule is CC(C)C(=O)Nc1cncc(-c2cnc3n[nH]c(-c4nc5c(-c6cccc(Cl)c6)cncc5[nH]4)c3c2)c1.CCC(=O)Cc1ccc(-c2cnc3n[nH]c(-c4nc5c(-c6cccc(Cl)c6)cncc5[nH]4)c3c2)cn1.CCC(=O)Nc1cncc(-c2cnc3n[nH]c(-c4nc5c(-c6cccc(Cl)c6)cncc5[nH]4)c3c2)c1.CN(C)C(=O)Nc1cncc(-c2cnc3n[nH]c(-c4nc5c(-c6cccc(F)c6)cncc5[nH]4)c3c2)c1. The van der Waals surface area contributed by atoms with E-state index in [1.807, 2.05) is 154 Å². The average molecular weight is 1990 g/mol. The number of carbonyl (C=O) groups is 4. The standard InChI is InChI=1S/C27H21ClN8O.C27H20ClN7O.C26H19ClN8O.C26H20FN9O/c1-14(2)27(37)32-19-7-16(9-29-11-19)17-8-20-24(35-36-25(20)31-10-17)26-33-22-13-30-12-21(23(22)34-26)15-4-3-5-18(28)6-15;1-2-20(36)10-19-7-6-16(11-30-19)17-9-21-25(34-35-26(21)31-12-17)27-32-23-14-29-13-22(24(23)33-27)15-4-3-5-18(28)8-15;1-2-22(36)31-18-7-15(9-28-11-18)16-8-19-24(34-35-25(19)30-10-16)26-32-21-13-29-12-20(23(21)33-26)14-4-3-5-17(27)6-14;1-36(2)26(37)31-18-7-15(9-28-11-18)16-8-19-23(34-35-24(19)30-10-16)25-32-21-13-29-12-20(22(21)33-25)14-4-3-5-17(27)6-14/h3-14H,1-2H3,(H,32,37)(H,33,34)(H,31,35,36);3-9,11-14H,2,10H2,1H3,(H,32,33)(H,31,34,35);3-13H,2H2,1H3,(H,31,36)(H,32,33)(H,30,34,35);3-13H,1-2H3,(H,31,37)(H,32,33)(H,30,34,35). The zero-order chi connectivity index (χ0) is 100. The van der Waals surface area contributed by atoms with Crippen molar-refractivity contribution in [3.63, 3.8) is 0 Å². The van der Waals surface area contributed by atoms with E-state index in [1.54, 1.807) is 145 Å². The number of halogens is 4. The Morgan fingerprint density at radius 3 is 1.00 bits per heavy atom. The Balaban J connectivity index is 0.000000114. The van der Waals surface area contributed by atoms with Gasteiger partial charge >= 0.3 is 6.03 Å². The van der Waals surface area contributed by atoms with Crippen molar-refractivity contribution in [3.8, 4) is 135 Å². The molecule has 0 aliphatic carbocycles. The lowest BCUT2D eigenvalue weighted by Crippen LogP contribution is -2.27. The lowest BCUT2D eigenvalue weighted by Gasteiger charge is -2.12.